The fraction of sp³-hybridized carbons (Fsp3) is 0.250. The molecule has 3 heterocycles. The number of methoxy groups -OCH3 is 1. The molecular formula is C28H24F3N5O4S. The molecule has 0 saturated carbocycles. The second kappa shape index (κ2) is 11.8. The second-order valence-electron chi connectivity index (χ2n) is 9.27. The molecular weight excluding hydrogens is 559 g/mol. The van der Waals surface area contributed by atoms with Gasteiger partial charge in [0.1, 0.15) is 40.7 Å². The van der Waals surface area contributed by atoms with Gasteiger partial charge in [-0.25, -0.2) is 26.6 Å². The smallest absolute Gasteiger partial charge is 0.245 e. The average Bonchev–Trinajstić information content (AvgIpc) is 3.43. The van der Waals surface area contributed by atoms with E-state index in [9.17, 15) is 18.1 Å². The topological polar surface area (TPSA) is 119 Å². The summed E-state index contributed by atoms with van der Waals surface area (Å²) in [6.45, 7) is 0.602. The van der Waals surface area contributed by atoms with Crippen molar-refractivity contribution in [1.29, 1.82) is 5.26 Å². The lowest BCUT2D eigenvalue weighted by Gasteiger charge is -2.22. The first-order valence-corrected chi connectivity index (χ1v) is 14.0. The third kappa shape index (κ3) is 5.73. The van der Waals surface area contributed by atoms with E-state index in [0.29, 0.717) is 43.2 Å². The van der Waals surface area contributed by atoms with Crippen LogP contribution in [0.2, 0.25) is 0 Å². The van der Waals surface area contributed by atoms with Gasteiger partial charge in [-0.3, -0.25) is 4.68 Å². The lowest BCUT2D eigenvalue weighted by molar-refractivity contribution is 0.0663. The summed E-state index contributed by atoms with van der Waals surface area (Å²) in [6, 6.07) is 10.5. The van der Waals surface area contributed by atoms with Crippen LogP contribution in [-0.4, -0.2) is 50.2 Å². The number of halogens is 3. The molecule has 1 saturated heterocycles. The van der Waals surface area contributed by atoms with Crippen LogP contribution in [-0.2, 0) is 19.5 Å². The van der Waals surface area contributed by atoms with E-state index in [1.165, 1.54) is 31.5 Å². The van der Waals surface area contributed by atoms with E-state index >= 15 is 8.78 Å². The number of benzene rings is 2. The SMILES string of the molecule is COCNS(=O)(=O)c1cc(F)cc(-c2cccc(-c3nn(C4CCOCC4)cc3-c3ccnc(C#N)c3)c2F)c1F. The Morgan fingerprint density at radius 1 is 1.07 bits per heavy atom. The van der Waals surface area contributed by atoms with Crippen LogP contribution in [0.25, 0.3) is 33.5 Å². The first kappa shape index (κ1) is 28.4. The summed E-state index contributed by atoms with van der Waals surface area (Å²) in [5.41, 5.74) is 0.452. The highest BCUT2D eigenvalue weighted by molar-refractivity contribution is 7.89. The van der Waals surface area contributed by atoms with Crippen LogP contribution in [0, 0.1) is 28.8 Å². The molecule has 1 fully saturated rings. The molecule has 2 aromatic carbocycles. The minimum atomic E-state index is -4.51. The molecule has 212 valence electrons. The van der Waals surface area contributed by atoms with Crippen LogP contribution >= 0.6 is 0 Å². The largest absolute Gasteiger partial charge is 0.381 e. The number of ether oxygens (including phenoxy) is 2. The molecule has 0 bridgehead atoms. The maximum atomic E-state index is 16.3. The fourth-order valence-corrected chi connectivity index (χ4v) is 5.73. The summed E-state index contributed by atoms with van der Waals surface area (Å²) in [7, 11) is -3.29. The monoisotopic (exact) mass is 583 g/mol. The third-order valence-electron chi connectivity index (χ3n) is 6.71. The summed E-state index contributed by atoms with van der Waals surface area (Å²) in [6.07, 6.45) is 4.58. The Morgan fingerprint density at radius 2 is 1.83 bits per heavy atom. The molecule has 1 aliphatic rings. The standard InChI is InChI=1S/C28H24F3N5O4S/c1-39-16-34-41(37,38)25-13-18(29)12-23(27(25)31)21-3-2-4-22(26(21)30)28-24(17-5-8-33-19(11-17)14-32)15-36(35-28)20-6-9-40-10-7-20/h2-5,8,11-13,15,20,34H,6-7,9-10,16H2,1H3. The molecule has 13 heteroatoms. The molecule has 1 N–H and O–H groups in total. The molecule has 0 spiro atoms. The first-order valence-electron chi connectivity index (χ1n) is 12.5. The quantitative estimate of drug-likeness (QED) is 0.296. The fourth-order valence-electron chi connectivity index (χ4n) is 4.69. The Bertz CT molecular complexity index is 1750. The lowest BCUT2D eigenvalue weighted by Crippen LogP contribution is -2.26. The Balaban J connectivity index is 1.68. The number of nitrogens with one attached hydrogen (secondary N) is 1. The van der Waals surface area contributed by atoms with Crippen LogP contribution in [0.1, 0.15) is 24.6 Å². The van der Waals surface area contributed by atoms with Gasteiger partial charge < -0.3 is 9.47 Å². The van der Waals surface area contributed by atoms with Gasteiger partial charge in [0.05, 0.1) is 6.04 Å². The molecule has 0 aliphatic carbocycles. The van der Waals surface area contributed by atoms with Gasteiger partial charge in [-0.15, -0.1) is 0 Å². The van der Waals surface area contributed by atoms with Crippen LogP contribution in [0.3, 0.4) is 0 Å². The second-order valence-corrected chi connectivity index (χ2v) is 11.0. The van der Waals surface area contributed by atoms with Crippen molar-refractivity contribution >= 4 is 10.0 Å². The Labute approximate surface area is 234 Å². The normalized spacial score (nSPS) is 14.2. The van der Waals surface area contributed by atoms with E-state index in [-0.39, 0.29) is 28.6 Å². The van der Waals surface area contributed by atoms with Gasteiger partial charge in [-0.1, -0.05) is 12.1 Å². The summed E-state index contributed by atoms with van der Waals surface area (Å²) in [5, 5.41) is 14.1. The number of hydrogen-bond donors (Lipinski definition) is 1. The number of rotatable bonds is 8. The van der Waals surface area contributed by atoms with Gasteiger partial charge in [-0.05, 0) is 48.7 Å². The number of sulfonamides is 1. The number of hydrogen-bond acceptors (Lipinski definition) is 7. The predicted molar refractivity (Wildman–Crippen MR) is 142 cm³/mol. The zero-order valence-electron chi connectivity index (χ0n) is 21.8. The molecule has 0 amide bonds. The van der Waals surface area contributed by atoms with Gasteiger partial charge in [0.15, 0.2) is 5.82 Å². The minimum absolute atomic E-state index is 0.0206. The van der Waals surface area contributed by atoms with Crippen molar-refractivity contribution in [2.75, 3.05) is 27.1 Å². The summed E-state index contributed by atoms with van der Waals surface area (Å²) >= 11 is 0. The van der Waals surface area contributed by atoms with Crippen molar-refractivity contribution in [3.8, 4) is 39.6 Å². The molecule has 0 radical (unpaired) electrons. The maximum Gasteiger partial charge on any atom is 0.245 e. The average molecular weight is 584 g/mol. The molecule has 2 aromatic heterocycles. The summed E-state index contributed by atoms with van der Waals surface area (Å²) in [4.78, 5) is 3.01. The van der Waals surface area contributed by atoms with Gasteiger partial charge in [0.25, 0.3) is 0 Å². The van der Waals surface area contributed by atoms with E-state index in [4.69, 9.17) is 9.84 Å². The predicted octanol–water partition coefficient (Wildman–Crippen LogP) is 4.80. The molecule has 5 rings (SSSR count). The van der Waals surface area contributed by atoms with Crippen molar-refractivity contribution in [2.24, 2.45) is 0 Å². The van der Waals surface area contributed by atoms with Crippen molar-refractivity contribution in [3.63, 3.8) is 0 Å². The highest BCUT2D eigenvalue weighted by atomic mass is 32.2. The van der Waals surface area contributed by atoms with Gasteiger partial charge >= 0.3 is 0 Å². The van der Waals surface area contributed by atoms with E-state index in [1.54, 1.807) is 23.0 Å². The minimum Gasteiger partial charge on any atom is -0.381 e. The highest BCUT2D eigenvalue weighted by Crippen LogP contribution is 2.39. The van der Waals surface area contributed by atoms with Crippen molar-refractivity contribution in [1.82, 2.24) is 19.5 Å². The summed E-state index contributed by atoms with van der Waals surface area (Å²) < 4.78 is 85.5. The van der Waals surface area contributed by atoms with Crippen LogP contribution in [0.15, 0.2) is 59.8 Å². The Kier molecular flexibility index (Phi) is 8.18. The van der Waals surface area contributed by atoms with E-state index in [0.717, 1.165) is 6.07 Å². The van der Waals surface area contributed by atoms with Gasteiger partial charge in [-0.2, -0.15) is 15.1 Å². The van der Waals surface area contributed by atoms with E-state index in [2.05, 4.69) is 9.72 Å². The van der Waals surface area contributed by atoms with Crippen LogP contribution in [0.4, 0.5) is 13.2 Å². The van der Waals surface area contributed by atoms with Gasteiger partial charge in [0.2, 0.25) is 10.0 Å². The number of pyridine rings is 1. The molecule has 9 nitrogen and oxygen atoms in total. The van der Waals surface area contributed by atoms with Crippen molar-refractivity contribution in [2.45, 2.75) is 23.8 Å². The number of nitriles is 1. The van der Waals surface area contributed by atoms with Crippen LogP contribution < -0.4 is 4.72 Å². The van der Waals surface area contributed by atoms with Crippen molar-refractivity contribution in [3.05, 3.63) is 78.0 Å². The Hall–Kier alpha value is -4.09. The Morgan fingerprint density at radius 3 is 2.56 bits per heavy atom. The van der Waals surface area contributed by atoms with Crippen LogP contribution in [0.5, 0.6) is 0 Å². The molecule has 4 aromatic rings. The molecule has 41 heavy (non-hydrogen) atoms. The number of nitrogens with zero attached hydrogens (tertiary/aromatic N) is 4. The molecule has 1 aliphatic heterocycles. The molecule has 0 atom stereocenters. The van der Waals surface area contributed by atoms with E-state index in [1.807, 2.05) is 10.8 Å². The zero-order chi connectivity index (χ0) is 29.1. The summed E-state index contributed by atoms with van der Waals surface area (Å²) in [5.74, 6) is -3.33. The van der Waals surface area contributed by atoms with Gasteiger partial charge in [0, 0.05) is 55.0 Å². The highest BCUT2D eigenvalue weighted by Gasteiger charge is 2.27. The maximum absolute atomic E-state index is 16.3. The number of aromatic nitrogens is 3. The zero-order valence-corrected chi connectivity index (χ0v) is 22.6. The third-order valence-corrected chi connectivity index (χ3v) is 8.09. The van der Waals surface area contributed by atoms with Crippen molar-refractivity contribution < 1.29 is 31.1 Å². The first-order chi connectivity index (χ1) is 19.7. The van der Waals surface area contributed by atoms with E-state index < -0.39 is 44.7 Å². The lowest BCUT2D eigenvalue weighted by atomic mass is 9.97. The molecule has 0 unspecified atom stereocenters.